The van der Waals surface area contributed by atoms with Crippen molar-refractivity contribution in [2.45, 2.75) is 6.54 Å². The van der Waals surface area contributed by atoms with Gasteiger partial charge in [-0.3, -0.25) is 9.47 Å². The van der Waals surface area contributed by atoms with Crippen LogP contribution < -0.4 is 5.69 Å². The molecule has 2 aromatic rings. The maximum absolute atomic E-state index is 12.0. The zero-order valence-corrected chi connectivity index (χ0v) is 11.7. The highest BCUT2D eigenvalue weighted by molar-refractivity contribution is 5.76. The molecule has 0 spiro atoms. The van der Waals surface area contributed by atoms with Crippen LogP contribution in [0.3, 0.4) is 0 Å². The Balaban J connectivity index is 1.75. The maximum Gasteiger partial charge on any atom is 0.326 e. The summed E-state index contributed by atoms with van der Waals surface area (Å²) in [4.78, 5) is 19.5. The summed E-state index contributed by atoms with van der Waals surface area (Å²) in [7, 11) is 2.13. The Labute approximate surface area is 117 Å². The fourth-order valence-electron chi connectivity index (χ4n) is 2.68. The van der Waals surface area contributed by atoms with Crippen molar-refractivity contribution in [3.05, 3.63) is 28.7 Å². The topological polar surface area (TPSA) is 64.5 Å². The molecule has 3 rings (SSSR count). The van der Waals surface area contributed by atoms with E-state index in [9.17, 15) is 9.90 Å². The molecule has 0 bridgehead atoms. The van der Waals surface area contributed by atoms with Crippen LogP contribution in [0.15, 0.2) is 23.0 Å². The first-order valence-corrected chi connectivity index (χ1v) is 6.96. The molecule has 20 heavy (non-hydrogen) atoms. The van der Waals surface area contributed by atoms with Gasteiger partial charge in [0, 0.05) is 45.3 Å². The molecule has 1 aliphatic rings. The first-order chi connectivity index (χ1) is 9.63. The SMILES string of the molecule is CN1CCN(CCn2c(=O)[nH]c3ccc(O)cc32)CC1. The van der Waals surface area contributed by atoms with Crippen LogP contribution in [0.4, 0.5) is 0 Å². The molecular weight excluding hydrogens is 256 g/mol. The summed E-state index contributed by atoms with van der Waals surface area (Å²) in [6, 6.07) is 4.96. The van der Waals surface area contributed by atoms with Crippen molar-refractivity contribution < 1.29 is 5.11 Å². The van der Waals surface area contributed by atoms with Crippen LogP contribution in [-0.4, -0.2) is 64.2 Å². The van der Waals surface area contributed by atoms with Crippen molar-refractivity contribution in [3.63, 3.8) is 0 Å². The van der Waals surface area contributed by atoms with Crippen LogP contribution in [0, 0.1) is 0 Å². The van der Waals surface area contributed by atoms with E-state index in [1.54, 1.807) is 22.8 Å². The van der Waals surface area contributed by atoms with E-state index in [0.29, 0.717) is 6.54 Å². The molecule has 2 N–H and O–H groups in total. The van der Waals surface area contributed by atoms with Crippen LogP contribution in [0.25, 0.3) is 11.0 Å². The normalized spacial score (nSPS) is 17.9. The summed E-state index contributed by atoms with van der Waals surface area (Å²) in [5, 5.41) is 9.56. The molecule has 1 saturated heterocycles. The number of H-pyrrole nitrogens is 1. The lowest BCUT2D eigenvalue weighted by Crippen LogP contribution is -2.45. The fourth-order valence-corrected chi connectivity index (χ4v) is 2.68. The molecule has 2 heterocycles. The molecule has 1 fully saturated rings. The Bertz CT molecular complexity index is 653. The molecule has 1 aromatic heterocycles. The summed E-state index contributed by atoms with van der Waals surface area (Å²) in [6.45, 7) is 5.73. The van der Waals surface area contributed by atoms with Crippen molar-refractivity contribution >= 4 is 11.0 Å². The molecule has 1 aromatic carbocycles. The third kappa shape index (κ3) is 2.57. The van der Waals surface area contributed by atoms with Crippen molar-refractivity contribution in [1.29, 1.82) is 0 Å². The Morgan fingerprint density at radius 1 is 1.20 bits per heavy atom. The summed E-state index contributed by atoms with van der Waals surface area (Å²) in [6.07, 6.45) is 0. The van der Waals surface area contributed by atoms with Gasteiger partial charge in [0.05, 0.1) is 11.0 Å². The van der Waals surface area contributed by atoms with Gasteiger partial charge in [0.25, 0.3) is 0 Å². The zero-order chi connectivity index (χ0) is 14.1. The number of hydrogen-bond donors (Lipinski definition) is 2. The van der Waals surface area contributed by atoms with Crippen LogP contribution in [-0.2, 0) is 6.54 Å². The van der Waals surface area contributed by atoms with Crippen molar-refractivity contribution in [2.75, 3.05) is 39.8 Å². The third-order valence-corrected chi connectivity index (χ3v) is 3.99. The lowest BCUT2D eigenvalue weighted by Gasteiger charge is -2.32. The number of likely N-dealkylation sites (N-methyl/N-ethyl adjacent to an activating group) is 1. The number of rotatable bonds is 3. The number of fused-ring (bicyclic) bond motifs is 1. The number of phenolic OH excluding ortho intramolecular Hbond substituents is 1. The van der Waals surface area contributed by atoms with Gasteiger partial charge >= 0.3 is 5.69 Å². The summed E-state index contributed by atoms with van der Waals surface area (Å²) >= 11 is 0. The summed E-state index contributed by atoms with van der Waals surface area (Å²) in [5.74, 6) is 0.185. The molecule has 0 unspecified atom stereocenters. The first-order valence-electron chi connectivity index (χ1n) is 6.96. The number of piperazine rings is 1. The van der Waals surface area contributed by atoms with Gasteiger partial charge in [0.2, 0.25) is 0 Å². The molecule has 108 valence electrons. The van der Waals surface area contributed by atoms with E-state index in [1.807, 2.05) is 0 Å². The van der Waals surface area contributed by atoms with E-state index in [0.717, 1.165) is 43.8 Å². The van der Waals surface area contributed by atoms with E-state index in [4.69, 9.17) is 0 Å². The molecular formula is C14H20N4O2. The van der Waals surface area contributed by atoms with E-state index in [-0.39, 0.29) is 11.4 Å². The van der Waals surface area contributed by atoms with E-state index < -0.39 is 0 Å². The average molecular weight is 276 g/mol. The van der Waals surface area contributed by atoms with E-state index >= 15 is 0 Å². The Hall–Kier alpha value is -1.79. The minimum Gasteiger partial charge on any atom is -0.508 e. The van der Waals surface area contributed by atoms with Gasteiger partial charge < -0.3 is 15.0 Å². The summed E-state index contributed by atoms with van der Waals surface area (Å²) in [5.41, 5.74) is 1.43. The van der Waals surface area contributed by atoms with Gasteiger partial charge in [-0.05, 0) is 19.2 Å². The second-order valence-electron chi connectivity index (χ2n) is 5.43. The average Bonchev–Trinajstić information content (AvgIpc) is 2.73. The van der Waals surface area contributed by atoms with Gasteiger partial charge in [-0.25, -0.2) is 4.79 Å². The molecule has 0 aliphatic carbocycles. The maximum atomic E-state index is 12.0. The molecule has 0 saturated carbocycles. The molecule has 6 heteroatoms. The number of aromatic nitrogens is 2. The highest BCUT2D eigenvalue weighted by Gasteiger charge is 2.14. The van der Waals surface area contributed by atoms with Crippen LogP contribution in [0.1, 0.15) is 0 Å². The first kappa shape index (κ1) is 13.2. The lowest BCUT2D eigenvalue weighted by molar-refractivity contribution is 0.150. The molecule has 1 aliphatic heterocycles. The van der Waals surface area contributed by atoms with Gasteiger partial charge in [-0.2, -0.15) is 0 Å². The standard InChI is InChI=1S/C14H20N4O2/c1-16-4-6-17(7-5-16)8-9-18-13-10-11(19)2-3-12(13)15-14(18)20/h2-3,10,19H,4-9H2,1H3,(H,15,20). The van der Waals surface area contributed by atoms with Crippen molar-refractivity contribution in [2.24, 2.45) is 0 Å². The van der Waals surface area contributed by atoms with Crippen LogP contribution >= 0.6 is 0 Å². The zero-order valence-electron chi connectivity index (χ0n) is 11.7. The van der Waals surface area contributed by atoms with Crippen molar-refractivity contribution in [3.8, 4) is 5.75 Å². The fraction of sp³-hybridized carbons (Fsp3) is 0.500. The number of hydrogen-bond acceptors (Lipinski definition) is 4. The Kier molecular flexibility index (Phi) is 3.50. The van der Waals surface area contributed by atoms with Crippen molar-refractivity contribution in [1.82, 2.24) is 19.4 Å². The number of aromatic amines is 1. The highest BCUT2D eigenvalue weighted by atomic mass is 16.3. The Morgan fingerprint density at radius 2 is 1.95 bits per heavy atom. The smallest absolute Gasteiger partial charge is 0.326 e. The number of nitrogens with zero attached hydrogens (tertiary/aromatic N) is 3. The van der Waals surface area contributed by atoms with Crippen LogP contribution in [0.5, 0.6) is 5.75 Å². The largest absolute Gasteiger partial charge is 0.508 e. The van der Waals surface area contributed by atoms with E-state index in [1.165, 1.54) is 0 Å². The molecule has 6 nitrogen and oxygen atoms in total. The Morgan fingerprint density at radius 3 is 2.70 bits per heavy atom. The molecule has 0 radical (unpaired) electrons. The number of nitrogens with one attached hydrogen (secondary N) is 1. The second-order valence-corrected chi connectivity index (χ2v) is 5.43. The molecule has 0 atom stereocenters. The number of imidazole rings is 1. The lowest BCUT2D eigenvalue weighted by atomic mass is 10.3. The predicted molar refractivity (Wildman–Crippen MR) is 78.2 cm³/mol. The van der Waals surface area contributed by atoms with E-state index in [2.05, 4.69) is 21.8 Å². The second kappa shape index (κ2) is 5.30. The molecule has 0 amide bonds. The van der Waals surface area contributed by atoms with Gasteiger partial charge in [-0.1, -0.05) is 0 Å². The van der Waals surface area contributed by atoms with Crippen LogP contribution in [0.2, 0.25) is 0 Å². The summed E-state index contributed by atoms with van der Waals surface area (Å²) < 4.78 is 1.70. The monoisotopic (exact) mass is 276 g/mol. The third-order valence-electron chi connectivity index (χ3n) is 3.99. The number of phenols is 1. The highest BCUT2D eigenvalue weighted by Crippen LogP contribution is 2.17. The minimum absolute atomic E-state index is 0.111. The quantitative estimate of drug-likeness (QED) is 0.845. The number of aromatic hydroxyl groups is 1. The van der Waals surface area contributed by atoms with Gasteiger partial charge in [-0.15, -0.1) is 0 Å². The minimum atomic E-state index is -0.111. The predicted octanol–water partition coefficient (Wildman–Crippen LogP) is 0.283. The number of benzene rings is 1. The van der Waals surface area contributed by atoms with Gasteiger partial charge in [0.15, 0.2) is 0 Å². The van der Waals surface area contributed by atoms with Gasteiger partial charge in [0.1, 0.15) is 5.75 Å².